The van der Waals surface area contributed by atoms with Gasteiger partial charge in [-0.05, 0) is 6.07 Å². The summed E-state index contributed by atoms with van der Waals surface area (Å²) in [6, 6.07) is 1.74. The van der Waals surface area contributed by atoms with E-state index in [4.69, 9.17) is 11.6 Å². The molecule has 1 unspecified atom stereocenters. The zero-order chi connectivity index (χ0) is 10.1. The Morgan fingerprint density at radius 3 is 3.00 bits per heavy atom. The summed E-state index contributed by atoms with van der Waals surface area (Å²) >= 11 is 10.2. The van der Waals surface area contributed by atoms with E-state index in [1.165, 1.54) is 6.20 Å². The van der Waals surface area contributed by atoms with Gasteiger partial charge in [0, 0.05) is 30.6 Å². The second-order valence-corrected chi connectivity index (χ2v) is 4.33. The quantitative estimate of drug-likeness (QED) is 0.744. The minimum atomic E-state index is 0.0677. The van der Waals surface area contributed by atoms with Gasteiger partial charge in [-0.15, -0.1) is 0 Å². The van der Waals surface area contributed by atoms with Crippen LogP contribution in [-0.2, 0) is 4.79 Å². The molecule has 0 aliphatic carbocycles. The van der Waals surface area contributed by atoms with E-state index in [0.717, 1.165) is 5.69 Å². The molecule has 1 aromatic heterocycles. The molecule has 1 aliphatic heterocycles. The Bertz CT molecular complexity index is 372. The van der Waals surface area contributed by atoms with Crippen molar-refractivity contribution in [3.8, 4) is 0 Å². The van der Waals surface area contributed by atoms with Gasteiger partial charge in [0.2, 0.25) is 5.91 Å². The second kappa shape index (κ2) is 3.79. The van der Waals surface area contributed by atoms with Gasteiger partial charge < -0.3 is 4.90 Å². The summed E-state index contributed by atoms with van der Waals surface area (Å²) < 4.78 is 0. The molecular weight excluding hydrogens is 220 g/mol. The highest BCUT2D eigenvalue weighted by molar-refractivity contribution is 7.81. The molecule has 0 bridgehead atoms. The van der Waals surface area contributed by atoms with Crippen LogP contribution in [0.25, 0.3) is 0 Å². The van der Waals surface area contributed by atoms with Crippen LogP contribution in [0.1, 0.15) is 6.42 Å². The van der Waals surface area contributed by atoms with Crippen LogP contribution in [0.15, 0.2) is 18.5 Å². The van der Waals surface area contributed by atoms with Crippen molar-refractivity contribution in [2.45, 2.75) is 11.7 Å². The number of halogens is 1. The Kier molecular flexibility index (Phi) is 2.65. The van der Waals surface area contributed by atoms with Crippen LogP contribution in [-0.4, -0.2) is 22.7 Å². The van der Waals surface area contributed by atoms with Crippen LogP contribution in [0, 0.1) is 0 Å². The number of thiol groups is 1. The number of rotatable bonds is 1. The van der Waals surface area contributed by atoms with Crippen LogP contribution in [0.5, 0.6) is 0 Å². The van der Waals surface area contributed by atoms with Crippen LogP contribution < -0.4 is 4.90 Å². The van der Waals surface area contributed by atoms with Crippen LogP contribution in [0.2, 0.25) is 5.02 Å². The fourth-order valence-corrected chi connectivity index (χ4v) is 2.05. The molecule has 14 heavy (non-hydrogen) atoms. The van der Waals surface area contributed by atoms with E-state index < -0.39 is 0 Å². The summed E-state index contributed by atoms with van der Waals surface area (Å²) in [6.45, 7) is 0.617. The SMILES string of the molecule is O=C1CC(S)CN1c1ccncc1Cl. The molecule has 5 heteroatoms. The predicted octanol–water partition coefficient (Wildman–Crippen LogP) is 1.77. The third-order valence-electron chi connectivity index (χ3n) is 2.15. The van der Waals surface area contributed by atoms with Gasteiger partial charge in [0.05, 0.1) is 10.7 Å². The lowest BCUT2D eigenvalue weighted by molar-refractivity contribution is -0.117. The van der Waals surface area contributed by atoms with Gasteiger partial charge in [0.15, 0.2) is 0 Å². The fraction of sp³-hybridized carbons (Fsp3) is 0.333. The molecule has 0 saturated carbocycles. The summed E-state index contributed by atoms with van der Waals surface area (Å²) in [5, 5.41) is 0.606. The number of nitrogens with zero attached hydrogens (tertiary/aromatic N) is 2. The molecule has 1 fully saturated rings. The lowest BCUT2D eigenvalue weighted by atomic mass is 10.3. The van der Waals surface area contributed by atoms with Gasteiger partial charge in [-0.25, -0.2) is 0 Å². The number of carbonyl (C=O) groups is 1. The summed E-state index contributed by atoms with van der Waals surface area (Å²) in [5.74, 6) is 0.0677. The van der Waals surface area contributed by atoms with Crippen molar-refractivity contribution in [3.63, 3.8) is 0 Å². The highest BCUT2D eigenvalue weighted by atomic mass is 35.5. The number of hydrogen-bond donors (Lipinski definition) is 1. The molecule has 3 nitrogen and oxygen atoms in total. The van der Waals surface area contributed by atoms with Gasteiger partial charge in [-0.2, -0.15) is 12.6 Å². The maximum Gasteiger partial charge on any atom is 0.228 e. The Morgan fingerprint density at radius 2 is 2.43 bits per heavy atom. The fourth-order valence-electron chi connectivity index (χ4n) is 1.51. The van der Waals surface area contributed by atoms with E-state index >= 15 is 0 Å². The number of aromatic nitrogens is 1. The molecule has 0 aromatic carbocycles. The molecule has 1 atom stereocenters. The highest BCUT2D eigenvalue weighted by Gasteiger charge is 2.29. The van der Waals surface area contributed by atoms with Gasteiger partial charge >= 0.3 is 0 Å². The van der Waals surface area contributed by atoms with E-state index in [1.807, 2.05) is 0 Å². The number of pyridine rings is 1. The first-order valence-electron chi connectivity index (χ1n) is 4.26. The zero-order valence-electron chi connectivity index (χ0n) is 7.35. The second-order valence-electron chi connectivity index (χ2n) is 3.19. The molecule has 2 heterocycles. The van der Waals surface area contributed by atoms with Crippen molar-refractivity contribution >= 4 is 35.8 Å². The Morgan fingerprint density at radius 1 is 1.64 bits per heavy atom. The lowest BCUT2D eigenvalue weighted by Gasteiger charge is -2.16. The molecule has 1 aromatic rings. The Hall–Kier alpha value is -0.740. The molecule has 1 saturated heterocycles. The van der Waals surface area contributed by atoms with Gasteiger partial charge in [0.25, 0.3) is 0 Å². The van der Waals surface area contributed by atoms with E-state index in [0.29, 0.717) is 18.0 Å². The summed E-state index contributed by atoms with van der Waals surface area (Å²) in [6.07, 6.45) is 3.64. The first kappa shape index (κ1) is 9.80. The van der Waals surface area contributed by atoms with Gasteiger partial charge in [-0.3, -0.25) is 9.78 Å². The standard InChI is InChI=1S/C9H9ClN2OS/c10-7-4-11-2-1-8(7)12-5-6(14)3-9(12)13/h1-2,4,6,14H,3,5H2. The first-order valence-corrected chi connectivity index (χ1v) is 5.16. The van der Waals surface area contributed by atoms with Crippen molar-refractivity contribution in [2.75, 3.05) is 11.4 Å². The van der Waals surface area contributed by atoms with Crippen molar-refractivity contribution < 1.29 is 4.79 Å². The molecule has 0 N–H and O–H groups in total. The largest absolute Gasteiger partial charge is 0.310 e. The predicted molar refractivity (Wildman–Crippen MR) is 59.0 cm³/mol. The topological polar surface area (TPSA) is 33.2 Å². The van der Waals surface area contributed by atoms with Crippen LogP contribution >= 0.6 is 24.2 Å². The summed E-state index contributed by atoms with van der Waals surface area (Å²) in [7, 11) is 0. The monoisotopic (exact) mass is 228 g/mol. The van der Waals surface area contributed by atoms with Crippen molar-refractivity contribution in [1.29, 1.82) is 0 Å². The van der Waals surface area contributed by atoms with E-state index in [9.17, 15) is 4.79 Å². The Labute approximate surface area is 92.5 Å². The number of anilines is 1. The summed E-state index contributed by atoms with van der Waals surface area (Å²) in [5.41, 5.74) is 0.725. The van der Waals surface area contributed by atoms with E-state index in [-0.39, 0.29) is 11.2 Å². The number of amides is 1. The molecule has 2 rings (SSSR count). The average molecular weight is 229 g/mol. The van der Waals surface area contributed by atoms with Gasteiger partial charge in [-0.1, -0.05) is 11.6 Å². The van der Waals surface area contributed by atoms with Gasteiger partial charge in [0.1, 0.15) is 0 Å². The zero-order valence-corrected chi connectivity index (χ0v) is 9.00. The van der Waals surface area contributed by atoms with Crippen molar-refractivity contribution in [3.05, 3.63) is 23.5 Å². The number of carbonyl (C=O) groups excluding carboxylic acids is 1. The molecule has 1 amide bonds. The maximum atomic E-state index is 11.5. The highest BCUT2D eigenvalue weighted by Crippen LogP contribution is 2.29. The Balaban J connectivity index is 2.32. The summed E-state index contributed by atoms with van der Waals surface area (Å²) in [4.78, 5) is 17.1. The molecule has 0 radical (unpaired) electrons. The van der Waals surface area contributed by atoms with Crippen molar-refractivity contribution in [1.82, 2.24) is 4.98 Å². The minimum Gasteiger partial charge on any atom is -0.310 e. The minimum absolute atomic E-state index is 0.0677. The average Bonchev–Trinajstić information content (AvgIpc) is 2.46. The number of hydrogen-bond acceptors (Lipinski definition) is 3. The van der Waals surface area contributed by atoms with E-state index in [2.05, 4.69) is 17.6 Å². The molecule has 1 aliphatic rings. The third-order valence-corrected chi connectivity index (χ3v) is 2.78. The van der Waals surface area contributed by atoms with Crippen LogP contribution in [0.4, 0.5) is 5.69 Å². The normalized spacial score (nSPS) is 21.7. The lowest BCUT2D eigenvalue weighted by Crippen LogP contribution is -2.24. The molecular formula is C9H9ClN2OS. The maximum absolute atomic E-state index is 11.5. The smallest absolute Gasteiger partial charge is 0.228 e. The molecule has 0 spiro atoms. The van der Waals surface area contributed by atoms with Crippen LogP contribution in [0.3, 0.4) is 0 Å². The van der Waals surface area contributed by atoms with Crippen molar-refractivity contribution in [2.24, 2.45) is 0 Å². The first-order chi connectivity index (χ1) is 6.68. The third kappa shape index (κ3) is 1.72. The molecule has 74 valence electrons. The van der Waals surface area contributed by atoms with E-state index in [1.54, 1.807) is 17.2 Å².